The minimum atomic E-state index is -0.548. The number of fused-ring (bicyclic) bond motifs is 1. The number of hydrogen-bond donors (Lipinski definition) is 1. The normalized spacial score (nSPS) is 14.1. The van der Waals surface area contributed by atoms with Crippen molar-refractivity contribution in [3.05, 3.63) is 28.4 Å². The molecule has 1 N–H and O–H groups in total. The Bertz CT molecular complexity index is 1090. The van der Waals surface area contributed by atoms with E-state index in [9.17, 15) is 9.59 Å². The molecule has 0 spiro atoms. The SMILES string of the molecule is COc1c(-c2cc(Cl)c3c(c2)CC(=O)N3)c(CN(C)C[C@@H](C)N(C)C(=O)OC(C)(C)C)nn1C. The Kier molecular flexibility index (Phi) is 7.47. The highest BCUT2D eigenvalue weighted by Gasteiger charge is 2.27. The number of likely N-dealkylation sites (N-methyl/N-ethyl adjacent to an activating group) is 2. The fourth-order valence-electron chi connectivity index (χ4n) is 4.05. The zero-order valence-electron chi connectivity index (χ0n) is 21.2. The van der Waals surface area contributed by atoms with Crippen LogP contribution in [0.25, 0.3) is 11.1 Å². The topological polar surface area (TPSA) is 88.9 Å². The molecule has 0 saturated carbocycles. The van der Waals surface area contributed by atoms with E-state index in [2.05, 4.69) is 10.2 Å². The Balaban J connectivity index is 1.83. The number of ether oxygens (including phenoxy) is 2. The molecule has 2 heterocycles. The number of nitrogens with one attached hydrogen (secondary N) is 1. The number of rotatable bonds is 7. The van der Waals surface area contributed by atoms with Crippen LogP contribution in [0.5, 0.6) is 5.88 Å². The van der Waals surface area contributed by atoms with Gasteiger partial charge in [-0.2, -0.15) is 5.10 Å². The molecule has 34 heavy (non-hydrogen) atoms. The number of benzene rings is 1. The van der Waals surface area contributed by atoms with E-state index < -0.39 is 5.60 Å². The van der Waals surface area contributed by atoms with Gasteiger partial charge < -0.3 is 19.7 Å². The first-order chi connectivity index (χ1) is 15.8. The quantitative estimate of drug-likeness (QED) is 0.631. The molecule has 2 amide bonds. The summed E-state index contributed by atoms with van der Waals surface area (Å²) in [6, 6.07) is 3.70. The van der Waals surface area contributed by atoms with Crippen molar-refractivity contribution in [3.63, 3.8) is 0 Å². The number of carbonyl (C=O) groups excluding carboxylic acids is 2. The van der Waals surface area contributed by atoms with E-state index in [1.165, 1.54) is 0 Å². The molecular weight excluding hydrogens is 458 g/mol. The average Bonchev–Trinajstić information content (AvgIpc) is 3.24. The zero-order chi connectivity index (χ0) is 25.4. The summed E-state index contributed by atoms with van der Waals surface area (Å²) in [5, 5.41) is 7.98. The lowest BCUT2D eigenvalue weighted by Gasteiger charge is -2.31. The van der Waals surface area contributed by atoms with Gasteiger partial charge in [0.15, 0.2) is 0 Å². The minimum Gasteiger partial charge on any atom is -0.481 e. The van der Waals surface area contributed by atoms with Gasteiger partial charge in [0.2, 0.25) is 11.8 Å². The molecule has 0 radical (unpaired) electrons. The summed E-state index contributed by atoms with van der Waals surface area (Å²) in [6.07, 6.45) is -0.0700. The minimum absolute atomic E-state index is 0.0738. The number of halogens is 1. The van der Waals surface area contributed by atoms with Gasteiger partial charge in [-0.1, -0.05) is 11.6 Å². The molecule has 0 fully saturated rings. The van der Waals surface area contributed by atoms with Gasteiger partial charge in [-0.15, -0.1) is 0 Å². The van der Waals surface area contributed by atoms with Gasteiger partial charge in [0.25, 0.3) is 0 Å². The van der Waals surface area contributed by atoms with E-state index in [0.717, 1.165) is 22.4 Å². The summed E-state index contributed by atoms with van der Waals surface area (Å²) >= 11 is 6.49. The van der Waals surface area contributed by atoms with Gasteiger partial charge in [-0.25, -0.2) is 9.48 Å². The number of aromatic nitrogens is 2. The predicted octanol–water partition coefficient (Wildman–Crippen LogP) is 3.93. The Morgan fingerprint density at radius 3 is 2.62 bits per heavy atom. The van der Waals surface area contributed by atoms with Crippen LogP contribution in [-0.2, 0) is 29.5 Å². The number of anilines is 1. The molecule has 0 saturated heterocycles. The number of methoxy groups -OCH3 is 1. The Morgan fingerprint density at radius 1 is 1.32 bits per heavy atom. The van der Waals surface area contributed by atoms with E-state index in [0.29, 0.717) is 29.7 Å². The first-order valence-corrected chi connectivity index (χ1v) is 11.5. The van der Waals surface area contributed by atoms with Crippen LogP contribution in [0.3, 0.4) is 0 Å². The van der Waals surface area contributed by atoms with E-state index in [4.69, 9.17) is 26.2 Å². The van der Waals surface area contributed by atoms with Crippen molar-refractivity contribution in [2.75, 3.05) is 33.1 Å². The maximum Gasteiger partial charge on any atom is 0.410 e. The van der Waals surface area contributed by atoms with E-state index in [1.807, 2.05) is 53.9 Å². The fraction of sp³-hybridized carbons (Fsp3) is 0.542. The highest BCUT2D eigenvalue weighted by molar-refractivity contribution is 6.34. The van der Waals surface area contributed by atoms with Crippen LogP contribution in [-0.4, -0.2) is 71.0 Å². The lowest BCUT2D eigenvalue weighted by molar-refractivity contribution is -0.115. The van der Waals surface area contributed by atoms with Gasteiger partial charge in [-0.3, -0.25) is 9.69 Å². The molecule has 1 aliphatic rings. The van der Waals surface area contributed by atoms with Crippen molar-refractivity contribution in [1.29, 1.82) is 0 Å². The van der Waals surface area contributed by atoms with Crippen molar-refractivity contribution in [1.82, 2.24) is 19.6 Å². The van der Waals surface area contributed by atoms with Crippen LogP contribution in [0.4, 0.5) is 10.5 Å². The average molecular weight is 492 g/mol. The smallest absolute Gasteiger partial charge is 0.410 e. The highest BCUT2D eigenvalue weighted by Crippen LogP contribution is 2.40. The number of hydrogen-bond acceptors (Lipinski definition) is 6. The third-order valence-electron chi connectivity index (χ3n) is 5.67. The fourth-order valence-corrected chi connectivity index (χ4v) is 4.33. The van der Waals surface area contributed by atoms with Crippen molar-refractivity contribution in [3.8, 4) is 17.0 Å². The maximum absolute atomic E-state index is 12.4. The molecule has 0 unspecified atom stereocenters. The summed E-state index contributed by atoms with van der Waals surface area (Å²) in [4.78, 5) is 28.0. The standard InChI is InChI=1S/C24H34ClN5O4/c1-14(29(6)23(32)34-24(2,3)4)12-28(5)13-18-20(22(33-8)30(7)27-18)15-9-16-11-19(31)26-21(16)17(25)10-15/h9-10,14H,11-13H2,1-8H3,(H,26,31)/t14-/m1/s1. The molecular formula is C24H34ClN5O4. The van der Waals surface area contributed by atoms with E-state index in [1.54, 1.807) is 23.7 Å². The van der Waals surface area contributed by atoms with Crippen molar-refractivity contribution < 1.29 is 19.1 Å². The molecule has 0 aliphatic carbocycles. The largest absolute Gasteiger partial charge is 0.481 e. The van der Waals surface area contributed by atoms with Crippen LogP contribution in [0, 0.1) is 0 Å². The first-order valence-electron chi connectivity index (χ1n) is 11.2. The van der Waals surface area contributed by atoms with Crippen LogP contribution >= 0.6 is 11.6 Å². The van der Waals surface area contributed by atoms with Gasteiger partial charge in [0, 0.05) is 33.2 Å². The van der Waals surface area contributed by atoms with Crippen molar-refractivity contribution in [2.45, 2.75) is 52.3 Å². The maximum atomic E-state index is 12.4. The van der Waals surface area contributed by atoms with Crippen molar-refractivity contribution in [2.24, 2.45) is 7.05 Å². The molecule has 1 aliphatic heterocycles. The lowest BCUT2D eigenvalue weighted by Crippen LogP contribution is -2.44. The summed E-state index contributed by atoms with van der Waals surface area (Å²) in [5.41, 5.74) is 3.44. The molecule has 1 atom stereocenters. The molecule has 10 heteroatoms. The lowest BCUT2D eigenvalue weighted by atomic mass is 10.0. The van der Waals surface area contributed by atoms with Crippen LogP contribution in [0.1, 0.15) is 39.0 Å². The molecule has 1 aromatic carbocycles. The third kappa shape index (κ3) is 5.64. The molecule has 9 nitrogen and oxygen atoms in total. The summed E-state index contributed by atoms with van der Waals surface area (Å²) < 4.78 is 12.8. The number of aryl methyl sites for hydroxylation is 1. The molecule has 0 bridgehead atoms. The summed E-state index contributed by atoms with van der Waals surface area (Å²) in [6.45, 7) is 8.65. The Hall–Kier alpha value is -2.78. The number of carbonyl (C=O) groups is 2. The second kappa shape index (κ2) is 9.84. The predicted molar refractivity (Wildman–Crippen MR) is 132 cm³/mol. The summed E-state index contributed by atoms with van der Waals surface area (Å²) in [5.74, 6) is 0.533. The van der Waals surface area contributed by atoms with Crippen molar-refractivity contribution >= 4 is 29.3 Å². The van der Waals surface area contributed by atoms with Crippen LogP contribution in [0.15, 0.2) is 12.1 Å². The second-order valence-electron chi connectivity index (χ2n) is 9.81. The highest BCUT2D eigenvalue weighted by atomic mass is 35.5. The van der Waals surface area contributed by atoms with E-state index in [-0.39, 0.29) is 24.5 Å². The Labute approximate surface area is 205 Å². The number of nitrogens with zero attached hydrogens (tertiary/aromatic N) is 4. The van der Waals surface area contributed by atoms with Gasteiger partial charge in [0.05, 0.1) is 35.5 Å². The monoisotopic (exact) mass is 491 g/mol. The van der Waals surface area contributed by atoms with Crippen LogP contribution < -0.4 is 10.1 Å². The summed E-state index contributed by atoms with van der Waals surface area (Å²) in [7, 11) is 7.14. The van der Waals surface area contributed by atoms with Crippen LogP contribution in [0.2, 0.25) is 5.02 Å². The van der Waals surface area contributed by atoms with Gasteiger partial charge in [-0.05, 0) is 58.0 Å². The molecule has 2 aromatic rings. The Morgan fingerprint density at radius 2 is 2.00 bits per heavy atom. The zero-order valence-corrected chi connectivity index (χ0v) is 21.9. The molecule has 3 rings (SSSR count). The molecule has 186 valence electrons. The first kappa shape index (κ1) is 25.8. The van der Waals surface area contributed by atoms with Gasteiger partial charge in [0.1, 0.15) is 5.60 Å². The van der Waals surface area contributed by atoms with E-state index >= 15 is 0 Å². The second-order valence-corrected chi connectivity index (χ2v) is 10.2. The number of amides is 2. The molecule has 1 aromatic heterocycles. The third-order valence-corrected chi connectivity index (χ3v) is 5.97. The van der Waals surface area contributed by atoms with Gasteiger partial charge >= 0.3 is 6.09 Å².